The van der Waals surface area contributed by atoms with Crippen molar-refractivity contribution in [3.8, 4) is 0 Å². The molecule has 0 atom stereocenters. The molecule has 0 saturated heterocycles. The van der Waals surface area contributed by atoms with Crippen LogP contribution in [-0.2, 0) is 26.1 Å². The molecular weight excluding hydrogens is 268 g/mol. The third kappa shape index (κ3) is 2.63. The zero-order valence-electron chi connectivity index (χ0n) is 12.7. The van der Waals surface area contributed by atoms with Crippen LogP contribution in [0.2, 0.25) is 0 Å². The Labute approximate surface area is 123 Å². The van der Waals surface area contributed by atoms with Crippen molar-refractivity contribution in [3.05, 3.63) is 44.7 Å². The molecule has 1 aliphatic rings. The van der Waals surface area contributed by atoms with Crippen molar-refractivity contribution in [1.29, 1.82) is 0 Å². The number of aromatic nitrogens is 3. The second-order valence-electron chi connectivity index (χ2n) is 5.53. The first-order valence-corrected chi connectivity index (χ1v) is 7.32. The van der Waals surface area contributed by atoms with E-state index in [0.717, 1.165) is 54.3 Å². The minimum Gasteiger partial charge on any atom is -0.361 e. The van der Waals surface area contributed by atoms with Crippen molar-refractivity contribution in [2.24, 2.45) is 0 Å². The largest absolute Gasteiger partial charge is 0.361 e. The monoisotopic (exact) mass is 288 g/mol. The second kappa shape index (κ2) is 5.44. The van der Waals surface area contributed by atoms with Gasteiger partial charge in [0.1, 0.15) is 5.76 Å². The maximum Gasteiger partial charge on any atom is 0.267 e. The fourth-order valence-corrected chi connectivity index (χ4v) is 2.81. The fraction of sp³-hybridized carbons (Fsp3) is 0.533. The van der Waals surface area contributed by atoms with Gasteiger partial charge in [0, 0.05) is 44.2 Å². The molecule has 0 aromatic carbocycles. The lowest BCUT2D eigenvalue weighted by molar-refractivity contribution is 0.239. The zero-order chi connectivity index (χ0) is 15.0. The third-order valence-corrected chi connectivity index (χ3v) is 4.09. The smallest absolute Gasteiger partial charge is 0.267 e. The first kappa shape index (κ1) is 14.0. The molecule has 21 heavy (non-hydrogen) atoms. The molecule has 0 aliphatic carbocycles. The molecule has 2 aromatic rings. The van der Waals surface area contributed by atoms with E-state index < -0.39 is 0 Å². The van der Waals surface area contributed by atoms with Gasteiger partial charge in [0.15, 0.2) is 0 Å². The highest BCUT2D eigenvalue weighted by Gasteiger charge is 2.21. The summed E-state index contributed by atoms with van der Waals surface area (Å²) in [6, 6.07) is 1.73. The number of hydrogen-bond acceptors (Lipinski definition) is 5. The number of hydrogen-bond donors (Lipinski definition) is 0. The lowest BCUT2D eigenvalue weighted by atomic mass is 10.1. The molecule has 3 rings (SSSR count). The van der Waals surface area contributed by atoms with E-state index in [4.69, 9.17) is 4.52 Å². The zero-order valence-corrected chi connectivity index (χ0v) is 12.7. The van der Waals surface area contributed by atoms with E-state index >= 15 is 0 Å². The highest BCUT2D eigenvalue weighted by Crippen LogP contribution is 2.20. The Balaban J connectivity index is 1.82. The van der Waals surface area contributed by atoms with Crippen LogP contribution in [0.15, 0.2) is 15.4 Å². The van der Waals surface area contributed by atoms with Crippen LogP contribution in [-0.4, -0.2) is 26.4 Å². The summed E-state index contributed by atoms with van der Waals surface area (Å²) in [5, 5.41) is 8.44. The van der Waals surface area contributed by atoms with Gasteiger partial charge in [-0.25, -0.2) is 4.68 Å². The Bertz CT molecular complexity index is 697. The van der Waals surface area contributed by atoms with E-state index in [1.807, 2.05) is 20.8 Å². The van der Waals surface area contributed by atoms with Gasteiger partial charge >= 0.3 is 0 Å². The number of rotatable bonds is 3. The lowest BCUT2D eigenvalue weighted by Crippen LogP contribution is -2.34. The van der Waals surface area contributed by atoms with Gasteiger partial charge in [0.05, 0.1) is 11.4 Å². The van der Waals surface area contributed by atoms with Gasteiger partial charge in [-0.3, -0.25) is 9.69 Å². The van der Waals surface area contributed by atoms with Gasteiger partial charge in [-0.15, -0.1) is 0 Å². The fourth-order valence-electron chi connectivity index (χ4n) is 2.81. The Hall–Kier alpha value is -1.95. The van der Waals surface area contributed by atoms with Crippen molar-refractivity contribution in [1.82, 2.24) is 19.8 Å². The van der Waals surface area contributed by atoms with Crippen LogP contribution in [0.4, 0.5) is 0 Å². The summed E-state index contributed by atoms with van der Waals surface area (Å²) in [7, 11) is 0. The first-order chi connectivity index (χ1) is 10.1. The Morgan fingerprint density at radius 1 is 1.38 bits per heavy atom. The van der Waals surface area contributed by atoms with Crippen molar-refractivity contribution in [2.45, 2.75) is 46.8 Å². The molecule has 1 aliphatic heterocycles. The van der Waals surface area contributed by atoms with Crippen LogP contribution in [0.3, 0.4) is 0 Å². The van der Waals surface area contributed by atoms with Crippen LogP contribution < -0.4 is 5.56 Å². The maximum atomic E-state index is 11.9. The minimum atomic E-state index is -0.0181. The van der Waals surface area contributed by atoms with Crippen molar-refractivity contribution >= 4 is 0 Å². The van der Waals surface area contributed by atoms with Gasteiger partial charge in [-0.1, -0.05) is 5.16 Å². The van der Waals surface area contributed by atoms with E-state index in [2.05, 4.69) is 15.2 Å². The van der Waals surface area contributed by atoms with Crippen LogP contribution in [0, 0.1) is 13.8 Å². The molecule has 6 nitrogen and oxygen atoms in total. The van der Waals surface area contributed by atoms with E-state index in [-0.39, 0.29) is 5.56 Å². The summed E-state index contributed by atoms with van der Waals surface area (Å²) in [5.74, 6) is 0.873. The number of fused-ring (bicyclic) bond motifs is 1. The van der Waals surface area contributed by atoms with Crippen molar-refractivity contribution in [2.75, 3.05) is 6.54 Å². The van der Waals surface area contributed by atoms with Crippen LogP contribution in [0.1, 0.15) is 35.2 Å². The average molecular weight is 288 g/mol. The molecule has 0 radical (unpaired) electrons. The molecule has 0 N–H and O–H groups in total. The van der Waals surface area contributed by atoms with E-state index in [0.29, 0.717) is 6.54 Å². The Kier molecular flexibility index (Phi) is 3.63. The normalized spacial score (nSPS) is 15.2. The quantitative estimate of drug-likeness (QED) is 0.855. The van der Waals surface area contributed by atoms with E-state index in [9.17, 15) is 4.79 Å². The molecule has 0 unspecified atom stereocenters. The summed E-state index contributed by atoms with van der Waals surface area (Å²) in [6.07, 6.45) is 0.874. The van der Waals surface area contributed by atoms with Gasteiger partial charge < -0.3 is 4.52 Å². The molecule has 0 saturated carbocycles. The lowest BCUT2D eigenvalue weighted by Gasteiger charge is -2.28. The van der Waals surface area contributed by atoms with Gasteiger partial charge in [-0.05, 0) is 26.3 Å². The molecule has 0 bridgehead atoms. The molecule has 6 heteroatoms. The molecule has 3 heterocycles. The highest BCUT2D eigenvalue weighted by molar-refractivity contribution is 5.24. The van der Waals surface area contributed by atoms with Crippen LogP contribution in [0.5, 0.6) is 0 Å². The highest BCUT2D eigenvalue weighted by atomic mass is 16.5. The minimum absolute atomic E-state index is 0.0181. The van der Waals surface area contributed by atoms with E-state index in [1.54, 1.807) is 6.07 Å². The van der Waals surface area contributed by atoms with Gasteiger partial charge in [-0.2, -0.15) is 5.10 Å². The van der Waals surface area contributed by atoms with E-state index in [1.165, 1.54) is 4.68 Å². The summed E-state index contributed by atoms with van der Waals surface area (Å²) < 4.78 is 6.74. The van der Waals surface area contributed by atoms with Crippen molar-refractivity contribution < 1.29 is 4.52 Å². The number of nitrogens with zero attached hydrogens (tertiary/aromatic N) is 4. The molecule has 112 valence electrons. The third-order valence-electron chi connectivity index (χ3n) is 4.09. The van der Waals surface area contributed by atoms with Crippen molar-refractivity contribution in [3.63, 3.8) is 0 Å². The predicted octanol–water partition coefficient (Wildman–Crippen LogP) is 1.43. The SMILES string of the molecule is CCn1nc2c(cc1=O)CN(Cc1c(C)noc1C)CC2. The van der Waals surface area contributed by atoms with Crippen LogP contribution in [0.25, 0.3) is 0 Å². The second-order valence-corrected chi connectivity index (χ2v) is 5.53. The molecule has 0 amide bonds. The Morgan fingerprint density at radius 3 is 2.86 bits per heavy atom. The first-order valence-electron chi connectivity index (χ1n) is 7.32. The molecule has 0 spiro atoms. The standard InChI is InChI=1S/C15H20N4O2/c1-4-19-15(20)7-12-8-18(6-5-14(12)16-19)9-13-10(2)17-21-11(13)3/h7H,4-6,8-9H2,1-3H3. The summed E-state index contributed by atoms with van der Waals surface area (Å²) in [6.45, 7) is 8.96. The topological polar surface area (TPSA) is 64.2 Å². The molecule has 2 aromatic heterocycles. The average Bonchev–Trinajstić information content (AvgIpc) is 2.78. The predicted molar refractivity (Wildman–Crippen MR) is 78.0 cm³/mol. The summed E-state index contributed by atoms with van der Waals surface area (Å²) in [4.78, 5) is 14.2. The maximum absolute atomic E-state index is 11.9. The molecular formula is C15H20N4O2. The molecule has 0 fully saturated rings. The Morgan fingerprint density at radius 2 is 2.19 bits per heavy atom. The van der Waals surface area contributed by atoms with Crippen LogP contribution >= 0.6 is 0 Å². The van der Waals surface area contributed by atoms with Gasteiger partial charge in [0.25, 0.3) is 5.56 Å². The summed E-state index contributed by atoms with van der Waals surface area (Å²) >= 11 is 0. The summed E-state index contributed by atoms with van der Waals surface area (Å²) in [5.41, 5.74) is 4.16. The van der Waals surface area contributed by atoms with Gasteiger partial charge in [0.2, 0.25) is 0 Å². The number of aryl methyl sites for hydroxylation is 3.